The highest BCUT2D eigenvalue weighted by molar-refractivity contribution is 14.3. The van der Waals surface area contributed by atoms with Crippen LogP contribution in [0.15, 0.2) is 0 Å². The molecule has 0 atom stereocenters. The van der Waals surface area contributed by atoms with Crippen molar-refractivity contribution in [2.75, 3.05) is 0 Å². The Morgan fingerprint density at radius 2 is 1.00 bits per heavy atom. The van der Waals surface area contributed by atoms with E-state index >= 15 is 0 Å². The minimum absolute atomic E-state index is 0.108. The first kappa shape index (κ1) is 14.3. The SMILES string of the molecule is NC(C(I)(I)I)C(I)(I)I. The molecule has 0 fully saturated rings. The van der Waals surface area contributed by atoms with Gasteiger partial charge in [0.2, 0.25) is 0 Å². The van der Waals surface area contributed by atoms with Crippen LogP contribution in [0.5, 0.6) is 0 Å². The predicted octanol–water partition coefficient (Wildman–Crippen LogP) is 4.23. The molecule has 0 aliphatic carbocycles. The van der Waals surface area contributed by atoms with Gasteiger partial charge in [-0.1, -0.05) is 136 Å². The second-order valence-corrected chi connectivity index (χ2v) is 24.2. The fraction of sp³-hybridized carbons (Fsp3) is 1.00. The molecule has 2 N–H and O–H groups in total. The van der Waals surface area contributed by atoms with Gasteiger partial charge in [-0.2, -0.15) is 0 Å². The van der Waals surface area contributed by atoms with E-state index in [1.807, 2.05) is 0 Å². The van der Waals surface area contributed by atoms with Gasteiger partial charge in [-0.15, -0.1) is 0 Å². The van der Waals surface area contributed by atoms with E-state index in [0.717, 1.165) is 0 Å². The monoisotopic (exact) mass is 814 g/mol. The summed E-state index contributed by atoms with van der Waals surface area (Å²) in [6, 6.07) is 0.184. The van der Waals surface area contributed by atoms with Crippen LogP contribution < -0.4 is 5.73 Å². The van der Waals surface area contributed by atoms with E-state index < -0.39 is 0 Å². The molecule has 0 aromatic heterocycles. The molecule has 0 rings (SSSR count). The van der Waals surface area contributed by atoms with Crippen molar-refractivity contribution in [3.63, 3.8) is 0 Å². The summed E-state index contributed by atoms with van der Waals surface area (Å²) in [7, 11) is 0. The Labute approximate surface area is 142 Å². The fourth-order valence-corrected chi connectivity index (χ4v) is 8.35. The summed E-state index contributed by atoms with van der Waals surface area (Å²) in [6.45, 7) is 0. The molecule has 10 heavy (non-hydrogen) atoms. The average molecular weight is 814 g/mol. The molecule has 62 valence electrons. The third-order valence-electron chi connectivity index (χ3n) is 0.705. The Morgan fingerprint density at radius 1 is 0.800 bits per heavy atom. The fourth-order valence-electron chi connectivity index (χ4n) is 0.186. The quantitative estimate of drug-likeness (QED) is 0.328. The van der Waals surface area contributed by atoms with Crippen LogP contribution in [0.3, 0.4) is 0 Å². The number of nitrogens with two attached hydrogens (primary N) is 1. The van der Waals surface area contributed by atoms with Crippen LogP contribution in [0.25, 0.3) is 0 Å². The van der Waals surface area contributed by atoms with E-state index in [0.29, 0.717) is 0 Å². The second-order valence-electron chi connectivity index (χ2n) is 1.56. The maximum absolute atomic E-state index is 5.98. The first-order valence-electron chi connectivity index (χ1n) is 2.04. The number of hydrogen-bond acceptors (Lipinski definition) is 1. The smallest absolute Gasteiger partial charge is 0.142 e. The van der Waals surface area contributed by atoms with Crippen LogP contribution in [0, 0.1) is 0 Å². The second kappa shape index (κ2) is 5.43. The molecular formula is C3H3I6N. The topological polar surface area (TPSA) is 26.0 Å². The molecule has 0 aliphatic rings. The van der Waals surface area contributed by atoms with E-state index in [-0.39, 0.29) is 4.91 Å². The number of alkyl halides is 6. The Kier molecular flexibility index (Phi) is 7.79. The Bertz CT molecular complexity index is 97.1. The molecule has 0 bridgehead atoms. The Hall–Kier alpha value is 4.34. The van der Waals surface area contributed by atoms with Crippen molar-refractivity contribution in [3.8, 4) is 0 Å². The summed E-state index contributed by atoms with van der Waals surface area (Å²) in [5, 5.41) is 0. The highest BCUT2D eigenvalue weighted by atomic mass is 127. The van der Waals surface area contributed by atoms with E-state index in [4.69, 9.17) is 5.73 Å². The van der Waals surface area contributed by atoms with Crippen molar-refractivity contribution in [3.05, 3.63) is 0 Å². The molecule has 0 heterocycles. The van der Waals surface area contributed by atoms with Gasteiger partial charge in [0.25, 0.3) is 0 Å². The molecule has 0 aromatic carbocycles. The highest BCUT2D eigenvalue weighted by Gasteiger charge is 2.40. The van der Waals surface area contributed by atoms with Gasteiger partial charge in [0.15, 0.2) is 0 Å². The van der Waals surface area contributed by atoms with Crippen molar-refractivity contribution >= 4 is 136 Å². The van der Waals surface area contributed by atoms with E-state index in [9.17, 15) is 0 Å². The maximum atomic E-state index is 5.98. The van der Waals surface area contributed by atoms with Crippen molar-refractivity contribution in [1.29, 1.82) is 0 Å². The first-order chi connectivity index (χ1) is 4.15. The lowest BCUT2D eigenvalue weighted by atomic mass is 10.4. The minimum atomic E-state index is 0.108. The summed E-state index contributed by atoms with van der Waals surface area (Å²) in [6.07, 6.45) is 0. The van der Waals surface area contributed by atoms with Crippen LogP contribution >= 0.6 is 136 Å². The lowest BCUT2D eigenvalue weighted by molar-refractivity contribution is 0.834. The molecule has 0 amide bonds. The van der Waals surface area contributed by atoms with Crippen LogP contribution in [0.2, 0.25) is 0 Å². The number of hydrogen-bond donors (Lipinski definition) is 1. The number of halogens is 6. The number of rotatable bonds is 2. The van der Waals surface area contributed by atoms with Crippen LogP contribution in [0.4, 0.5) is 0 Å². The van der Waals surface area contributed by atoms with Gasteiger partial charge in [0.05, 0.1) is 6.04 Å². The summed E-state index contributed by atoms with van der Waals surface area (Å²) in [5.41, 5.74) is 5.98. The molecule has 0 aromatic rings. The summed E-state index contributed by atoms with van der Waals surface area (Å²) >= 11 is 14.2. The third kappa shape index (κ3) is 5.94. The molecule has 7 heteroatoms. The van der Waals surface area contributed by atoms with Crippen LogP contribution in [0.1, 0.15) is 0 Å². The van der Waals surface area contributed by atoms with Crippen molar-refractivity contribution in [2.24, 2.45) is 5.73 Å². The van der Waals surface area contributed by atoms with Gasteiger partial charge in [-0.25, -0.2) is 0 Å². The minimum Gasteiger partial charge on any atom is -0.323 e. The van der Waals surface area contributed by atoms with Crippen LogP contribution in [-0.2, 0) is 0 Å². The van der Waals surface area contributed by atoms with Crippen LogP contribution in [-0.4, -0.2) is 4.91 Å². The molecule has 0 spiro atoms. The predicted molar refractivity (Wildman–Crippen MR) is 97.6 cm³/mol. The lowest BCUT2D eigenvalue weighted by Crippen LogP contribution is -2.43. The first-order valence-corrected chi connectivity index (χ1v) is 8.52. The lowest BCUT2D eigenvalue weighted by Gasteiger charge is -2.28. The molecule has 0 aliphatic heterocycles. The largest absolute Gasteiger partial charge is 0.323 e. The zero-order chi connectivity index (χ0) is 8.58. The van der Waals surface area contributed by atoms with Gasteiger partial charge >= 0.3 is 0 Å². The zero-order valence-electron chi connectivity index (χ0n) is 4.42. The van der Waals surface area contributed by atoms with Gasteiger partial charge in [-0.05, 0) is 0 Å². The summed E-state index contributed by atoms with van der Waals surface area (Å²) in [4.78, 5) is 0. The Morgan fingerprint density at radius 3 is 1.00 bits per heavy atom. The van der Waals surface area contributed by atoms with Gasteiger partial charge in [0, 0.05) is 0 Å². The van der Waals surface area contributed by atoms with Gasteiger partial charge in [-0.3, -0.25) is 0 Å². The zero-order valence-corrected chi connectivity index (χ0v) is 17.4. The van der Waals surface area contributed by atoms with Crippen molar-refractivity contribution in [2.45, 2.75) is 4.91 Å². The van der Waals surface area contributed by atoms with E-state index in [1.54, 1.807) is 0 Å². The standard InChI is InChI=1S/C3H3I6N/c4-2(5,6)1(10)3(7,8)9/h1H,10H2. The van der Waals surface area contributed by atoms with Crippen molar-refractivity contribution in [1.82, 2.24) is 0 Å². The molecule has 0 saturated carbocycles. The van der Waals surface area contributed by atoms with E-state index in [2.05, 4.69) is 136 Å². The summed E-state index contributed by atoms with van der Waals surface area (Å²) in [5.74, 6) is 0. The molecular weight excluding hydrogens is 811 g/mol. The maximum Gasteiger partial charge on any atom is 0.142 e. The van der Waals surface area contributed by atoms with Gasteiger partial charge < -0.3 is 5.73 Å². The average Bonchev–Trinajstić information content (AvgIpc) is 1.59. The molecule has 0 unspecified atom stereocenters. The molecule has 1 nitrogen and oxygen atoms in total. The van der Waals surface area contributed by atoms with Crippen molar-refractivity contribution < 1.29 is 0 Å². The van der Waals surface area contributed by atoms with Gasteiger partial charge in [0.1, 0.15) is -1.13 Å². The highest BCUT2D eigenvalue weighted by Crippen LogP contribution is 2.50. The normalized spacial score (nSPS) is 14.4. The summed E-state index contributed by atoms with van der Waals surface area (Å²) < 4.78 is 0.216. The molecule has 0 saturated heterocycles. The van der Waals surface area contributed by atoms with E-state index in [1.165, 1.54) is 0 Å². The molecule has 0 radical (unpaired) electrons. The third-order valence-corrected chi connectivity index (χ3v) is 4.73. The Balaban J connectivity index is 4.23.